The Balaban J connectivity index is 3.13. The van der Waals surface area contributed by atoms with Gasteiger partial charge in [0.1, 0.15) is 6.02 Å². The van der Waals surface area contributed by atoms with E-state index >= 15 is 0 Å². The second-order valence-corrected chi connectivity index (χ2v) is 3.16. The van der Waals surface area contributed by atoms with Crippen LogP contribution in [-0.2, 0) is 0 Å². The summed E-state index contributed by atoms with van der Waals surface area (Å²) < 4.78 is 66.9. The van der Waals surface area contributed by atoms with E-state index in [0.717, 1.165) is 0 Å². The Labute approximate surface area is 97.7 Å². The lowest BCUT2D eigenvalue weighted by molar-refractivity contribution is -0.154. The van der Waals surface area contributed by atoms with Gasteiger partial charge in [0.15, 0.2) is 0 Å². The van der Waals surface area contributed by atoms with Crippen LogP contribution < -0.4 is 5.32 Å². The summed E-state index contributed by atoms with van der Waals surface area (Å²) >= 11 is 0. The van der Waals surface area contributed by atoms with E-state index in [1.807, 2.05) is 0 Å². The molecule has 2 atom stereocenters. The fraction of sp³-hybridized carbons (Fsp3) is 0.455. The molecule has 0 aliphatic carbocycles. The molecule has 1 aromatic rings. The van der Waals surface area contributed by atoms with Gasteiger partial charge in [0.2, 0.25) is 0 Å². The summed E-state index contributed by atoms with van der Waals surface area (Å²) in [6, 6.07) is 2.40. The minimum Gasteiger partial charge on any atom is -0.394 e. The van der Waals surface area contributed by atoms with Crippen molar-refractivity contribution in [3.63, 3.8) is 0 Å². The zero-order valence-electron chi connectivity index (χ0n) is 12.3. The number of halogens is 3. The summed E-state index contributed by atoms with van der Waals surface area (Å²) in [4.78, 5) is 0. The zero-order valence-corrected chi connectivity index (χ0v) is 8.25. The van der Waals surface area contributed by atoms with E-state index < -0.39 is 31.7 Å². The largest absolute Gasteiger partial charge is 0.403 e. The molecule has 1 rings (SSSR count). The van der Waals surface area contributed by atoms with E-state index in [1.165, 1.54) is 24.3 Å². The van der Waals surface area contributed by atoms with Gasteiger partial charge in [-0.25, -0.2) is 0 Å². The van der Waals surface area contributed by atoms with Crippen LogP contribution in [0, 0.1) is 0 Å². The quantitative estimate of drug-likeness (QED) is 0.842. The van der Waals surface area contributed by atoms with Crippen molar-refractivity contribution in [3.05, 3.63) is 35.9 Å². The summed E-state index contributed by atoms with van der Waals surface area (Å²) in [5.74, 6) is 0. The standard InChI is InChI=1S/C11H14F3NO/c1-8(11(12,13)14)15-10(7-16)9-5-3-2-4-6-9/h2-6,8,10,15-16H,7H2,1H3/i1D3,8D. The molecule has 0 aromatic heterocycles. The van der Waals surface area contributed by atoms with E-state index in [4.69, 9.17) is 5.48 Å². The summed E-state index contributed by atoms with van der Waals surface area (Å²) in [6.45, 7) is -4.40. The fourth-order valence-corrected chi connectivity index (χ4v) is 1.18. The number of nitrogens with one attached hydrogen (secondary N) is 1. The van der Waals surface area contributed by atoms with E-state index in [1.54, 1.807) is 11.4 Å². The highest BCUT2D eigenvalue weighted by molar-refractivity contribution is 5.19. The van der Waals surface area contributed by atoms with E-state index in [0.29, 0.717) is 0 Å². The maximum atomic E-state index is 12.9. The van der Waals surface area contributed by atoms with E-state index in [2.05, 4.69) is 0 Å². The first kappa shape index (κ1) is 8.08. The van der Waals surface area contributed by atoms with Gasteiger partial charge in [-0.15, -0.1) is 0 Å². The molecule has 0 spiro atoms. The lowest BCUT2D eigenvalue weighted by Crippen LogP contribution is -2.42. The van der Waals surface area contributed by atoms with Crippen molar-refractivity contribution in [2.75, 3.05) is 6.61 Å². The molecule has 5 heteroatoms. The molecule has 0 saturated carbocycles. The highest BCUT2D eigenvalue weighted by Gasteiger charge is 2.37. The number of aliphatic hydroxyl groups excluding tert-OH is 1. The molecule has 2 nitrogen and oxygen atoms in total. The van der Waals surface area contributed by atoms with Gasteiger partial charge in [-0.2, -0.15) is 13.2 Å². The minimum absolute atomic E-state index is 0.264. The normalized spacial score (nSPS) is 22.2. The van der Waals surface area contributed by atoms with Gasteiger partial charge >= 0.3 is 6.18 Å². The highest BCUT2D eigenvalue weighted by atomic mass is 19.4. The topological polar surface area (TPSA) is 32.3 Å². The van der Waals surface area contributed by atoms with Crippen molar-refractivity contribution in [2.45, 2.75) is 25.1 Å². The van der Waals surface area contributed by atoms with Crippen molar-refractivity contribution in [2.24, 2.45) is 0 Å². The Morgan fingerprint density at radius 1 is 1.44 bits per heavy atom. The average Bonchev–Trinajstić information content (AvgIpc) is 2.34. The molecule has 0 amide bonds. The number of aliphatic hydroxyl groups is 1. The zero-order chi connectivity index (χ0) is 15.6. The molecule has 0 saturated heterocycles. The molecule has 2 N–H and O–H groups in total. The highest BCUT2D eigenvalue weighted by Crippen LogP contribution is 2.22. The molecule has 0 aliphatic heterocycles. The van der Waals surface area contributed by atoms with E-state index in [9.17, 15) is 18.3 Å². The average molecular weight is 237 g/mol. The molecular weight excluding hydrogens is 219 g/mol. The second kappa shape index (κ2) is 5.32. The SMILES string of the molecule is [2H]C([2H])([2H])C([2H])(NC(CO)c1ccccc1)C(F)(F)F. The monoisotopic (exact) mass is 237 g/mol. The van der Waals surface area contributed by atoms with Gasteiger partial charge in [0.25, 0.3) is 0 Å². The van der Waals surface area contributed by atoms with Crippen LogP contribution in [0.2, 0.25) is 0 Å². The van der Waals surface area contributed by atoms with Gasteiger partial charge in [-0.1, -0.05) is 30.3 Å². The maximum Gasteiger partial charge on any atom is 0.403 e. The molecule has 0 fully saturated rings. The minimum atomic E-state index is -5.32. The first-order valence-electron chi connectivity index (χ1n) is 6.53. The molecule has 0 radical (unpaired) electrons. The van der Waals surface area contributed by atoms with Crippen LogP contribution in [-0.4, -0.2) is 23.9 Å². The molecule has 0 aliphatic rings. The third-order valence-electron chi connectivity index (χ3n) is 1.99. The molecule has 1 aromatic carbocycles. The van der Waals surface area contributed by atoms with Crippen LogP contribution in [0.5, 0.6) is 0 Å². The Kier molecular flexibility index (Phi) is 2.69. The van der Waals surface area contributed by atoms with Crippen LogP contribution >= 0.6 is 0 Å². The van der Waals surface area contributed by atoms with Crippen molar-refractivity contribution in [3.8, 4) is 0 Å². The van der Waals surface area contributed by atoms with Gasteiger partial charge in [-0.05, 0) is 12.4 Å². The van der Waals surface area contributed by atoms with Crippen molar-refractivity contribution >= 4 is 0 Å². The fourth-order valence-electron chi connectivity index (χ4n) is 1.18. The number of hydrogen-bond donors (Lipinski definition) is 2. The first-order valence-corrected chi connectivity index (χ1v) is 4.53. The van der Waals surface area contributed by atoms with Gasteiger partial charge in [0.05, 0.1) is 14.0 Å². The lowest BCUT2D eigenvalue weighted by Gasteiger charge is -2.23. The molecule has 0 heterocycles. The Hall–Kier alpha value is -1.07. The third kappa shape index (κ3) is 3.50. The van der Waals surface area contributed by atoms with Crippen molar-refractivity contribution in [1.82, 2.24) is 5.32 Å². The predicted molar refractivity (Wildman–Crippen MR) is 54.9 cm³/mol. The summed E-state index contributed by atoms with van der Waals surface area (Å²) in [6.07, 6.45) is -5.32. The van der Waals surface area contributed by atoms with Crippen LogP contribution in [0.1, 0.15) is 23.9 Å². The summed E-state index contributed by atoms with van der Waals surface area (Å²) in [5, 5.41) is 10.9. The van der Waals surface area contributed by atoms with Crippen LogP contribution in [0.15, 0.2) is 30.3 Å². The molecule has 16 heavy (non-hydrogen) atoms. The Bertz CT molecular complexity index is 422. The Morgan fingerprint density at radius 2 is 2.06 bits per heavy atom. The van der Waals surface area contributed by atoms with Gasteiger partial charge in [0, 0.05) is 4.11 Å². The lowest BCUT2D eigenvalue weighted by atomic mass is 10.1. The second-order valence-electron chi connectivity index (χ2n) is 3.16. The van der Waals surface area contributed by atoms with Crippen molar-refractivity contribution in [1.29, 1.82) is 0 Å². The van der Waals surface area contributed by atoms with Crippen molar-refractivity contribution < 1.29 is 23.8 Å². The number of hydrogen-bond acceptors (Lipinski definition) is 2. The predicted octanol–water partition coefficient (Wildman–Crippen LogP) is 2.26. The smallest absolute Gasteiger partial charge is 0.394 e. The molecular formula is C11H14F3NO. The van der Waals surface area contributed by atoms with Gasteiger partial charge < -0.3 is 5.11 Å². The van der Waals surface area contributed by atoms with Crippen LogP contribution in [0.3, 0.4) is 0 Å². The van der Waals surface area contributed by atoms with Gasteiger partial charge in [-0.3, -0.25) is 5.32 Å². The third-order valence-corrected chi connectivity index (χ3v) is 1.99. The number of alkyl halides is 3. The summed E-state index contributed by atoms with van der Waals surface area (Å²) in [7, 11) is 0. The number of benzene rings is 1. The molecule has 0 bridgehead atoms. The first-order chi connectivity index (χ1) is 9.03. The molecule has 90 valence electrons. The van der Waals surface area contributed by atoms with Crippen LogP contribution in [0.4, 0.5) is 13.2 Å². The Morgan fingerprint density at radius 3 is 2.50 bits per heavy atom. The van der Waals surface area contributed by atoms with Crippen LogP contribution in [0.25, 0.3) is 0 Å². The molecule has 2 unspecified atom stereocenters. The number of rotatable bonds is 4. The summed E-state index contributed by atoms with van der Waals surface area (Å²) in [5.41, 5.74) is 0.264. The van der Waals surface area contributed by atoms with E-state index in [-0.39, 0.29) is 5.56 Å². The maximum absolute atomic E-state index is 12.9.